The minimum absolute atomic E-state index is 0.213. The van der Waals surface area contributed by atoms with E-state index in [2.05, 4.69) is 97.7 Å². The largest absolute Gasteiger partial charge is 0.0985 e. The first-order chi connectivity index (χ1) is 15.0. The molecule has 3 rings (SSSR count). The summed E-state index contributed by atoms with van der Waals surface area (Å²) in [6, 6.07) is 26.8. The molecule has 0 aliphatic heterocycles. The molecule has 0 amide bonds. The molecule has 0 heteroatoms. The van der Waals surface area contributed by atoms with Crippen molar-refractivity contribution in [1.82, 2.24) is 0 Å². The van der Waals surface area contributed by atoms with Gasteiger partial charge in [0.15, 0.2) is 0 Å². The summed E-state index contributed by atoms with van der Waals surface area (Å²) in [5.74, 6) is 0. The van der Waals surface area contributed by atoms with Crippen molar-refractivity contribution in [3.8, 4) is 0 Å². The Kier molecular flexibility index (Phi) is 10.7. The van der Waals surface area contributed by atoms with Gasteiger partial charge in [-0.05, 0) is 38.6 Å². The molecule has 0 saturated carbocycles. The highest BCUT2D eigenvalue weighted by atomic mass is 14.2. The van der Waals surface area contributed by atoms with Gasteiger partial charge in [0.25, 0.3) is 0 Å². The first kappa shape index (κ1) is 26.9. The van der Waals surface area contributed by atoms with Gasteiger partial charge in [-0.25, -0.2) is 0 Å². The third kappa shape index (κ3) is 8.94. The van der Waals surface area contributed by atoms with Crippen molar-refractivity contribution in [2.24, 2.45) is 0 Å². The predicted molar refractivity (Wildman–Crippen MR) is 147 cm³/mol. The van der Waals surface area contributed by atoms with Crippen molar-refractivity contribution >= 4 is 18.2 Å². The van der Waals surface area contributed by atoms with Crippen molar-refractivity contribution in [2.75, 3.05) is 0 Å². The second kappa shape index (κ2) is 12.7. The lowest BCUT2D eigenvalue weighted by Gasteiger charge is -2.21. The van der Waals surface area contributed by atoms with Crippen LogP contribution in [-0.4, -0.2) is 0 Å². The number of benzene rings is 3. The van der Waals surface area contributed by atoms with Crippen LogP contribution >= 0.6 is 0 Å². The molecule has 0 aliphatic carbocycles. The number of hydrogen-bond acceptors (Lipinski definition) is 0. The number of rotatable bonds is 3. The van der Waals surface area contributed by atoms with Crippen LogP contribution in [0.4, 0.5) is 0 Å². The van der Waals surface area contributed by atoms with E-state index in [4.69, 9.17) is 0 Å². The van der Waals surface area contributed by atoms with Gasteiger partial charge < -0.3 is 0 Å². The zero-order valence-electron chi connectivity index (χ0n) is 20.9. The molecule has 0 atom stereocenters. The molecule has 3 aromatic rings. The highest BCUT2D eigenvalue weighted by Gasteiger charge is 2.16. The van der Waals surface area contributed by atoms with Gasteiger partial charge in [-0.2, -0.15) is 0 Å². The average molecular weight is 425 g/mol. The molecule has 3 aromatic carbocycles. The molecular formula is C32H40. The molecule has 0 aliphatic rings. The van der Waals surface area contributed by atoms with Crippen molar-refractivity contribution in [3.05, 3.63) is 126 Å². The van der Waals surface area contributed by atoms with E-state index in [-0.39, 0.29) is 10.8 Å². The fraction of sp³-hybridized carbons (Fsp3) is 0.250. The van der Waals surface area contributed by atoms with E-state index in [1.165, 1.54) is 27.8 Å². The summed E-state index contributed by atoms with van der Waals surface area (Å²) < 4.78 is 0. The minimum atomic E-state index is 0.213. The second-order valence-electron chi connectivity index (χ2n) is 9.70. The SMILES string of the molecule is C=Cc1ccccc1.C=Cc1ccccc1C(C)(C)C.C=Cc1ccccc1C(C)(C)C. The minimum Gasteiger partial charge on any atom is -0.0985 e. The van der Waals surface area contributed by atoms with E-state index in [0.29, 0.717) is 0 Å². The van der Waals surface area contributed by atoms with Gasteiger partial charge in [0, 0.05) is 0 Å². The average Bonchev–Trinajstić information content (AvgIpc) is 2.79. The van der Waals surface area contributed by atoms with Gasteiger partial charge in [0.05, 0.1) is 0 Å². The van der Waals surface area contributed by atoms with Crippen LogP contribution in [0, 0.1) is 0 Å². The fourth-order valence-corrected chi connectivity index (χ4v) is 3.31. The Bertz CT molecular complexity index is 915. The normalized spacial score (nSPS) is 10.6. The highest BCUT2D eigenvalue weighted by molar-refractivity contribution is 5.54. The highest BCUT2D eigenvalue weighted by Crippen LogP contribution is 2.26. The van der Waals surface area contributed by atoms with Gasteiger partial charge >= 0.3 is 0 Å². The van der Waals surface area contributed by atoms with Gasteiger partial charge in [0.1, 0.15) is 0 Å². The molecule has 0 spiro atoms. The van der Waals surface area contributed by atoms with Crippen LogP contribution in [0.3, 0.4) is 0 Å². The lowest BCUT2D eigenvalue weighted by atomic mass is 9.84. The zero-order chi connectivity index (χ0) is 24.2. The Morgan fingerprint density at radius 2 is 0.812 bits per heavy atom. The molecule has 0 aromatic heterocycles. The first-order valence-corrected chi connectivity index (χ1v) is 11.2. The van der Waals surface area contributed by atoms with E-state index in [9.17, 15) is 0 Å². The van der Waals surface area contributed by atoms with Crippen LogP contribution in [0.15, 0.2) is 98.6 Å². The molecule has 168 valence electrons. The molecule has 0 unspecified atom stereocenters. The summed E-state index contributed by atoms with van der Waals surface area (Å²) in [5.41, 5.74) is 6.80. The lowest BCUT2D eigenvalue weighted by Crippen LogP contribution is -2.12. The Balaban J connectivity index is 0.000000245. The Morgan fingerprint density at radius 1 is 0.469 bits per heavy atom. The molecule has 32 heavy (non-hydrogen) atoms. The van der Waals surface area contributed by atoms with Crippen LogP contribution in [0.2, 0.25) is 0 Å². The molecule has 0 radical (unpaired) electrons. The maximum absolute atomic E-state index is 3.81. The van der Waals surface area contributed by atoms with Gasteiger partial charge in [-0.1, -0.05) is 158 Å². The number of hydrogen-bond donors (Lipinski definition) is 0. The van der Waals surface area contributed by atoms with Crippen molar-refractivity contribution in [3.63, 3.8) is 0 Å². The molecule has 0 bridgehead atoms. The third-order valence-corrected chi connectivity index (χ3v) is 5.01. The molecule has 0 heterocycles. The smallest absolute Gasteiger partial charge is 0.0126 e. The predicted octanol–water partition coefficient (Wildman–Crippen LogP) is 9.58. The summed E-state index contributed by atoms with van der Waals surface area (Å²) >= 11 is 0. The summed E-state index contributed by atoms with van der Waals surface area (Å²) in [5, 5.41) is 0. The van der Waals surface area contributed by atoms with Crippen molar-refractivity contribution in [2.45, 2.75) is 52.4 Å². The van der Waals surface area contributed by atoms with Crippen LogP contribution in [0.5, 0.6) is 0 Å². The second-order valence-corrected chi connectivity index (χ2v) is 9.70. The quantitative estimate of drug-likeness (QED) is 0.392. The van der Waals surface area contributed by atoms with E-state index in [1.54, 1.807) is 0 Å². The molecular weight excluding hydrogens is 384 g/mol. The lowest BCUT2D eigenvalue weighted by molar-refractivity contribution is 0.589. The summed E-state index contributed by atoms with van der Waals surface area (Å²) in [6.45, 7) is 24.5. The van der Waals surface area contributed by atoms with E-state index >= 15 is 0 Å². The first-order valence-electron chi connectivity index (χ1n) is 11.2. The van der Waals surface area contributed by atoms with Crippen molar-refractivity contribution < 1.29 is 0 Å². The van der Waals surface area contributed by atoms with Crippen LogP contribution in [0.25, 0.3) is 18.2 Å². The van der Waals surface area contributed by atoms with Crippen LogP contribution in [0.1, 0.15) is 69.4 Å². The van der Waals surface area contributed by atoms with Crippen molar-refractivity contribution in [1.29, 1.82) is 0 Å². The van der Waals surface area contributed by atoms with E-state index < -0.39 is 0 Å². The Morgan fingerprint density at radius 3 is 1.06 bits per heavy atom. The van der Waals surface area contributed by atoms with Gasteiger partial charge in [-0.15, -0.1) is 0 Å². The molecule has 0 fully saturated rings. The third-order valence-electron chi connectivity index (χ3n) is 5.01. The Hall–Kier alpha value is -3.12. The topological polar surface area (TPSA) is 0 Å². The summed E-state index contributed by atoms with van der Waals surface area (Å²) in [7, 11) is 0. The zero-order valence-corrected chi connectivity index (χ0v) is 20.9. The Labute approximate surface area is 197 Å². The van der Waals surface area contributed by atoms with Crippen LogP contribution in [-0.2, 0) is 10.8 Å². The summed E-state index contributed by atoms with van der Waals surface area (Å²) in [4.78, 5) is 0. The van der Waals surface area contributed by atoms with E-state index in [0.717, 1.165) is 0 Å². The summed E-state index contributed by atoms with van der Waals surface area (Å²) in [6.07, 6.45) is 5.67. The monoisotopic (exact) mass is 424 g/mol. The fourth-order valence-electron chi connectivity index (χ4n) is 3.31. The van der Waals surface area contributed by atoms with Crippen LogP contribution < -0.4 is 0 Å². The molecule has 0 N–H and O–H groups in total. The standard InChI is InChI=1S/2C12H16.C8H8/c2*1-5-10-8-6-7-9-11(10)12(2,3)4;1-2-8-6-4-3-5-7-8/h2*5-9H,1H2,2-4H3;2-7H,1H2. The molecule has 0 saturated heterocycles. The maximum atomic E-state index is 3.81. The molecule has 0 nitrogen and oxygen atoms in total. The van der Waals surface area contributed by atoms with Gasteiger partial charge in [0.2, 0.25) is 0 Å². The van der Waals surface area contributed by atoms with E-state index in [1.807, 2.05) is 60.7 Å². The maximum Gasteiger partial charge on any atom is -0.0126 e. The van der Waals surface area contributed by atoms with Gasteiger partial charge in [-0.3, -0.25) is 0 Å².